The van der Waals surface area contributed by atoms with Gasteiger partial charge in [-0.15, -0.1) is 0 Å². The Bertz CT molecular complexity index is 1210. The van der Waals surface area contributed by atoms with Gasteiger partial charge in [0.05, 0.1) is 17.6 Å². The monoisotopic (exact) mass is 389 g/mol. The molecule has 2 heterocycles. The van der Waals surface area contributed by atoms with Crippen LogP contribution in [0.25, 0.3) is 21.9 Å². The van der Waals surface area contributed by atoms with Crippen LogP contribution in [0.1, 0.15) is 30.9 Å². The first-order chi connectivity index (χ1) is 14.1. The van der Waals surface area contributed by atoms with Crippen LogP contribution in [0.3, 0.4) is 0 Å². The highest BCUT2D eigenvalue weighted by Gasteiger charge is 2.15. The van der Waals surface area contributed by atoms with Crippen LogP contribution in [0, 0.1) is 0 Å². The Kier molecular flexibility index (Phi) is 5.36. The molecule has 6 nitrogen and oxygen atoms in total. The van der Waals surface area contributed by atoms with Crippen molar-refractivity contribution in [3.05, 3.63) is 70.1 Å². The van der Waals surface area contributed by atoms with Crippen LogP contribution in [0.5, 0.6) is 0 Å². The number of nitrogen functional groups attached to an aromatic ring is 1. The fourth-order valence-electron chi connectivity index (χ4n) is 3.87. The third-order valence-corrected chi connectivity index (χ3v) is 5.32. The average Bonchev–Trinajstić information content (AvgIpc) is 3.04. The molecule has 0 unspecified atom stereocenters. The second kappa shape index (κ2) is 8.09. The Morgan fingerprint density at radius 1 is 1.14 bits per heavy atom. The molecule has 6 heteroatoms. The Morgan fingerprint density at radius 3 is 2.76 bits per heavy atom. The number of pyridine rings is 1. The highest BCUT2D eigenvalue weighted by Crippen LogP contribution is 2.26. The first kappa shape index (κ1) is 19.2. The van der Waals surface area contributed by atoms with Crippen molar-refractivity contribution in [3.8, 4) is 0 Å². The molecule has 4 aromatic rings. The number of benzene rings is 2. The number of aromatic nitrogens is 3. The molecule has 0 spiro atoms. The summed E-state index contributed by atoms with van der Waals surface area (Å²) in [7, 11) is 2.15. The molecular weight excluding hydrogens is 362 g/mol. The molecule has 0 saturated carbocycles. The highest BCUT2D eigenvalue weighted by atomic mass is 16.1. The summed E-state index contributed by atoms with van der Waals surface area (Å²) < 4.78 is 1.76. The average molecular weight is 390 g/mol. The zero-order valence-corrected chi connectivity index (χ0v) is 17.0. The molecule has 0 bridgehead atoms. The lowest BCUT2D eigenvalue weighted by atomic mass is 10.1. The van der Waals surface area contributed by atoms with Crippen LogP contribution in [0.2, 0.25) is 0 Å². The largest absolute Gasteiger partial charge is 0.382 e. The zero-order chi connectivity index (χ0) is 20.4. The summed E-state index contributed by atoms with van der Waals surface area (Å²) in [6, 6.07) is 16.2. The van der Waals surface area contributed by atoms with Crippen molar-refractivity contribution in [1.82, 2.24) is 19.4 Å². The third-order valence-electron chi connectivity index (χ3n) is 5.32. The number of nitrogens with one attached hydrogen (secondary N) is 1. The molecule has 0 atom stereocenters. The number of imidazole rings is 1. The van der Waals surface area contributed by atoms with E-state index in [1.807, 2.05) is 24.3 Å². The van der Waals surface area contributed by atoms with Gasteiger partial charge in [-0.3, -0.25) is 4.57 Å². The number of unbranched alkanes of at least 4 members (excludes halogenated alkanes) is 1. The molecular formula is C23H27N5O. The van der Waals surface area contributed by atoms with Gasteiger partial charge in [0.1, 0.15) is 11.3 Å². The van der Waals surface area contributed by atoms with Gasteiger partial charge < -0.3 is 15.6 Å². The minimum Gasteiger partial charge on any atom is -0.382 e. The molecule has 2 aromatic carbocycles. The van der Waals surface area contributed by atoms with Gasteiger partial charge in [0.25, 0.3) is 0 Å². The second-order valence-electron chi connectivity index (χ2n) is 7.67. The smallest absolute Gasteiger partial charge is 0.326 e. The van der Waals surface area contributed by atoms with Gasteiger partial charge >= 0.3 is 5.69 Å². The summed E-state index contributed by atoms with van der Waals surface area (Å²) in [5.41, 5.74) is 10.5. The SMILES string of the molecule is CCCCN(C)Cc1cccc(Cn2c(=O)[nH]c3c(N)nc4ccccc4c32)c1. The van der Waals surface area contributed by atoms with Crippen molar-refractivity contribution in [3.63, 3.8) is 0 Å². The Morgan fingerprint density at radius 2 is 1.93 bits per heavy atom. The molecule has 0 radical (unpaired) electrons. The number of aromatic amines is 1. The molecule has 0 fully saturated rings. The van der Waals surface area contributed by atoms with Gasteiger partial charge in [-0.05, 0) is 37.2 Å². The van der Waals surface area contributed by atoms with E-state index in [-0.39, 0.29) is 5.69 Å². The summed E-state index contributed by atoms with van der Waals surface area (Å²) in [5, 5.41) is 0.922. The van der Waals surface area contributed by atoms with Crippen LogP contribution in [-0.4, -0.2) is 33.0 Å². The summed E-state index contributed by atoms with van der Waals surface area (Å²) >= 11 is 0. The molecule has 2 aromatic heterocycles. The summed E-state index contributed by atoms with van der Waals surface area (Å²) in [4.78, 5) is 22.4. The molecule has 3 N–H and O–H groups in total. The molecule has 0 aliphatic carbocycles. The van der Waals surface area contributed by atoms with Crippen molar-refractivity contribution >= 4 is 27.8 Å². The lowest BCUT2D eigenvalue weighted by Crippen LogP contribution is -2.19. The molecule has 150 valence electrons. The topological polar surface area (TPSA) is 79.9 Å². The summed E-state index contributed by atoms with van der Waals surface area (Å²) in [6.07, 6.45) is 2.39. The van der Waals surface area contributed by atoms with Gasteiger partial charge in [0.15, 0.2) is 0 Å². The van der Waals surface area contributed by atoms with Crippen LogP contribution >= 0.6 is 0 Å². The Balaban J connectivity index is 1.71. The van der Waals surface area contributed by atoms with E-state index in [0.29, 0.717) is 17.9 Å². The standard InChI is InChI=1S/C23H27N5O/c1-3-4-12-27(2)14-16-8-7-9-17(13-16)15-28-21-18-10-5-6-11-19(18)25-22(24)20(21)26-23(28)29/h5-11,13H,3-4,12,14-15H2,1-2H3,(H2,24,25)(H,26,29). The maximum Gasteiger partial charge on any atom is 0.326 e. The fourth-order valence-corrected chi connectivity index (χ4v) is 3.87. The number of nitrogens with two attached hydrogens (primary N) is 1. The first-order valence-corrected chi connectivity index (χ1v) is 10.1. The van der Waals surface area contributed by atoms with E-state index in [4.69, 9.17) is 5.73 Å². The summed E-state index contributed by atoms with van der Waals surface area (Å²) in [6.45, 7) is 4.68. The van der Waals surface area contributed by atoms with E-state index in [1.54, 1.807) is 4.57 Å². The Labute approximate surface area is 170 Å². The molecule has 0 aliphatic heterocycles. The third kappa shape index (κ3) is 3.89. The normalized spacial score (nSPS) is 11.7. The molecule has 29 heavy (non-hydrogen) atoms. The van der Waals surface area contributed by atoms with Crippen molar-refractivity contribution in [2.24, 2.45) is 0 Å². The fraction of sp³-hybridized carbons (Fsp3) is 0.304. The number of nitrogens with zero attached hydrogens (tertiary/aromatic N) is 3. The van der Waals surface area contributed by atoms with E-state index in [1.165, 1.54) is 18.4 Å². The lowest BCUT2D eigenvalue weighted by Gasteiger charge is -2.16. The van der Waals surface area contributed by atoms with Crippen LogP contribution in [0.15, 0.2) is 53.3 Å². The first-order valence-electron chi connectivity index (χ1n) is 10.1. The number of fused-ring (bicyclic) bond motifs is 3. The number of rotatable bonds is 7. The number of H-pyrrole nitrogens is 1. The van der Waals surface area contributed by atoms with E-state index in [2.05, 4.69) is 53.1 Å². The predicted molar refractivity (Wildman–Crippen MR) is 119 cm³/mol. The Hall–Kier alpha value is -3.12. The van der Waals surface area contributed by atoms with Gasteiger partial charge in [0, 0.05) is 11.9 Å². The second-order valence-corrected chi connectivity index (χ2v) is 7.67. The maximum atomic E-state index is 12.7. The van der Waals surface area contributed by atoms with E-state index < -0.39 is 0 Å². The molecule has 4 rings (SSSR count). The van der Waals surface area contributed by atoms with Gasteiger partial charge in [-0.25, -0.2) is 9.78 Å². The van der Waals surface area contributed by atoms with Crippen LogP contribution < -0.4 is 11.4 Å². The van der Waals surface area contributed by atoms with Crippen molar-refractivity contribution < 1.29 is 0 Å². The van der Waals surface area contributed by atoms with Crippen molar-refractivity contribution in [1.29, 1.82) is 0 Å². The highest BCUT2D eigenvalue weighted by molar-refractivity contribution is 6.06. The maximum absolute atomic E-state index is 12.7. The molecule has 0 amide bonds. The number of hydrogen-bond donors (Lipinski definition) is 2. The van der Waals surface area contributed by atoms with E-state index >= 15 is 0 Å². The lowest BCUT2D eigenvalue weighted by molar-refractivity contribution is 0.320. The number of anilines is 1. The quantitative estimate of drug-likeness (QED) is 0.505. The molecule has 0 aliphatic rings. The predicted octanol–water partition coefficient (Wildman–Crippen LogP) is 3.74. The minimum atomic E-state index is -0.171. The molecule has 0 saturated heterocycles. The van der Waals surface area contributed by atoms with E-state index in [9.17, 15) is 4.79 Å². The minimum absolute atomic E-state index is 0.171. The summed E-state index contributed by atoms with van der Waals surface area (Å²) in [5.74, 6) is 0.348. The van der Waals surface area contributed by atoms with Crippen molar-refractivity contribution in [2.75, 3.05) is 19.3 Å². The van der Waals surface area contributed by atoms with Crippen LogP contribution in [-0.2, 0) is 13.1 Å². The van der Waals surface area contributed by atoms with Gasteiger partial charge in [-0.2, -0.15) is 0 Å². The van der Waals surface area contributed by atoms with Crippen molar-refractivity contribution in [2.45, 2.75) is 32.9 Å². The van der Waals surface area contributed by atoms with E-state index in [0.717, 1.165) is 35.1 Å². The number of para-hydroxylation sites is 1. The van der Waals surface area contributed by atoms with Gasteiger partial charge in [-0.1, -0.05) is 55.8 Å². The van der Waals surface area contributed by atoms with Crippen LogP contribution in [0.4, 0.5) is 5.82 Å². The zero-order valence-electron chi connectivity index (χ0n) is 17.0. The van der Waals surface area contributed by atoms with Gasteiger partial charge in [0.2, 0.25) is 0 Å². The number of hydrogen-bond acceptors (Lipinski definition) is 4.